The van der Waals surface area contributed by atoms with Crippen LogP contribution in [0.5, 0.6) is 0 Å². The summed E-state index contributed by atoms with van der Waals surface area (Å²) in [6.07, 6.45) is -0.524. The van der Waals surface area contributed by atoms with Crippen LogP contribution < -0.4 is 4.90 Å². The van der Waals surface area contributed by atoms with Gasteiger partial charge in [-0.1, -0.05) is 6.58 Å². The maximum absolute atomic E-state index is 9.68. The summed E-state index contributed by atoms with van der Waals surface area (Å²) in [7, 11) is 0. The van der Waals surface area contributed by atoms with Gasteiger partial charge >= 0.3 is 0 Å². The van der Waals surface area contributed by atoms with E-state index in [1.165, 1.54) is 0 Å². The number of nitriles is 1. The number of aliphatic hydroxyl groups excluding tert-OH is 1. The number of β-amino-alcohol motifs (C(OH)–C–C–N with tert-alkyl or cyclic N) is 1. The third-order valence-corrected chi connectivity index (χ3v) is 3.00. The molecule has 0 amide bonds. The number of rotatable bonds is 1. The number of pyridine rings is 1. The number of aliphatic hydroxyl groups is 1. The van der Waals surface area contributed by atoms with E-state index in [0.717, 1.165) is 16.8 Å². The molecule has 0 radical (unpaired) electrons. The highest BCUT2D eigenvalue weighted by Crippen LogP contribution is 2.26. The Morgan fingerprint density at radius 2 is 2.29 bits per heavy atom. The molecule has 4 heteroatoms. The molecule has 2 heterocycles. The molecule has 1 aromatic rings. The number of hydrogen-bond acceptors (Lipinski definition) is 4. The second-order valence-electron chi connectivity index (χ2n) is 4.45. The van der Waals surface area contributed by atoms with Crippen LogP contribution in [-0.4, -0.2) is 29.3 Å². The van der Waals surface area contributed by atoms with Crippen molar-refractivity contribution in [2.75, 3.05) is 18.0 Å². The van der Waals surface area contributed by atoms with E-state index in [0.29, 0.717) is 24.5 Å². The quantitative estimate of drug-likeness (QED) is 0.737. The van der Waals surface area contributed by atoms with Gasteiger partial charge in [-0.2, -0.15) is 5.26 Å². The summed E-state index contributed by atoms with van der Waals surface area (Å²) in [5, 5.41) is 18.9. The van der Waals surface area contributed by atoms with Gasteiger partial charge in [0.1, 0.15) is 11.9 Å². The van der Waals surface area contributed by atoms with Crippen molar-refractivity contribution >= 4 is 5.82 Å². The Labute approximate surface area is 101 Å². The van der Waals surface area contributed by atoms with Crippen molar-refractivity contribution < 1.29 is 5.11 Å². The first-order valence-corrected chi connectivity index (χ1v) is 5.52. The Morgan fingerprint density at radius 1 is 1.59 bits per heavy atom. The maximum Gasteiger partial charge on any atom is 0.147 e. The molecule has 4 nitrogen and oxygen atoms in total. The minimum Gasteiger partial charge on any atom is -0.387 e. The molecule has 17 heavy (non-hydrogen) atoms. The Morgan fingerprint density at radius 3 is 2.82 bits per heavy atom. The van der Waals surface area contributed by atoms with Gasteiger partial charge in [0, 0.05) is 18.8 Å². The first-order chi connectivity index (χ1) is 8.02. The predicted molar refractivity (Wildman–Crippen MR) is 65.8 cm³/mol. The van der Waals surface area contributed by atoms with Crippen molar-refractivity contribution in [1.82, 2.24) is 4.98 Å². The number of nitrogens with zero attached hydrogens (tertiary/aromatic N) is 3. The van der Waals surface area contributed by atoms with Crippen molar-refractivity contribution in [1.29, 1.82) is 5.26 Å². The Hall–Kier alpha value is -1.86. The fraction of sp³-hybridized carbons (Fsp3) is 0.385. The maximum atomic E-state index is 9.68. The van der Waals surface area contributed by atoms with E-state index in [1.54, 1.807) is 0 Å². The molecule has 1 aromatic heterocycles. The van der Waals surface area contributed by atoms with E-state index in [1.807, 2.05) is 24.8 Å². The van der Waals surface area contributed by atoms with Gasteiger partial charge in [-0.25, -0.2) is 4.98 Å². The fourth-order valence-electron chi connectivity index (χ4n) is 2.10. The van der Waals surface area contributed by atoms with Gasteiger partial charge in [-0.3, -0.25) is 0 Å². The molecule has 2 rings (SSSR count). The summed E-state index contributed by atoms with van der Waals surface area (Å²) in [5.74, 6) is 0.655. The number of anilines is 1. The average molecular weight is 229 g/mol. The SMILES string of the molecule is C=C1CN(c2nc(C)cc(C)c2C#N)C[C@@H]1O. The van der Waals surface area contributed by atoms with Crippen molar-refractivity contribution in [2.24, 2.45) is 0 Å². The summed E-state index contributed by atoms with van der Waals surface area (Å²) in [4.78, 5) is 6.32. The summed E-state index contributed by atoms with van der Waals surface area (Å²) >= 11 is 0. The molecule has 0 unspecified atom stereocenters. The van der Waals surface area contributed by atoms with Crippen molar-refractivity contribution in [3.63, 3.8) is 0 Å². The number of hydrogen-bond donors (Lipinski definition) is 1. The van der Waals surface area contributed by atoms with Crippen molar-refractivity contribution in [3.8, 4) is 6.07 Å². The molecule has 1 aliphatic heterocycles. The molecule has 1 saturated heterocycles. The zero-order chi connectivity index (χ0) is 12.6. The van der Waals surface area contributed by atoms with Crippen LogP contribution in [-0.2, 0) is 0 Å². The van der Waals surface area contributed by atoms with E-state index in [-0.39, 0.29) is 0 Å². The molecule has 1 aliphatic rings. The second kappa shape index (κ2) is 4.19. The molecular formula is C13H15N3O. The molecular weight excluding hydrogens is 214 g/mol. The van der Waals surface area contributed by atoms with E-state index in [9.17, 15) is 10.4 Å². The summed E-state index contributed by atoms with van der Waals surface area (Å²) < 4.78 is 0. The lowest BCUT2D eigenvalue weighted by molar-refractivity contribution is 0.233. The van der Waals surface area contributed by atoms with E-state index in [4.69, 9.17) is 0 Å². The first kappa shape index (κ1) is 11.6. The van der Waals surface area contributed by atoms with Crippen LogP contribution in [0.3, 0.4) is 0 Å². The van der Waals surface area contributed by atoms with Crippen LogP contribution in [0.4, 0.5) is 5.82 Å². The standard InChI is InChI=1S/C13H15N3O/c1-8-4-10(3)15-13(11(8)5-14)16-6-9(2)12(17)7-16/h4,12,17H,2,6-7H2,1,3H3/t12-/m0/s1. The van der Waals surface area contributed by atoms with Crippen LogP contribution in [0.2, 0.25) is 0 Å². The van der Waals surface area contributed by atoms with Crippen molar-refractivity contribution in [2.45, 2.75) is 20.0 Å². The van der Waals surface area contributed by atoms with Crippen LogP contribution in [0.15, 0.2) is 18.2 Å². The van der Waals surface area contributed by atoms with Crippen LogP contribution in [0, 0.1) is 25.2 Å². The lowest BCUT2D eigenvalue weighted by Gasteiger charge is -2.19. The summed E-state index contributed by atoms with van der Waals surface area (Å²) in [6, 6.07) is 4.07. The molecule has 1 atom stereocenters. The van der Waals surface area contributed by atoms with E-state index in [2.05, 4.69) is 17.6 Å². The molecule has 0 saturated carbocycles. The van der Waals surface area contributed by atoms with Gasteiger partial charge in [-0.15, -0.1) is 0 Å². The van der Waals surface area contributed by atoms with Crippen LogP contribution >= 0.6 is 0 Å². The van der Waals surface area contributed by atoms with E-state index >= 15 is 0 Å². The second-order valence-corrected chi connectivity index (χ2v) is 4.45. The van der Waals surface area contributed by atoms with Crippen molar-refractivity contribution in [3.05, 3.63) is 35.0 Å². The van der Waals surface area contributed by atoms with E-state index < -0.39 is 6.10 Å². The molecule has 0 spiro atoms. The number of aryl methyl sites for hydroxylation is 2. The minimum absolute atomic E-state index is 0.462. The van der Waals surface area contributed by atoms with Crippen LogP contribution in [0.1, 0.15) is 16.8 Å². The molecule has 1 N–H and O–H groups in total. The Kier molecular flexibility index (Phi) is 2.86. The third kappa shape index (κ3) is 2.02. The average Bonchev–Trinajstić information content (AvgIpc) is 2.58. The van der Waals surface area contributed by atoms with Crippen LogP contribution in [0.25, 0.3) is 0 Å². The first-order valence-electron chi connectivity index (χ1n) is 5.52. The molecule has 0 aromatic carbocycles. The molecule has 1 fully saturated rings. The minimum atomic E-state index is -0.524. The lowest BCUT2D eigenvalue weighted by atomic mass is 10.1. The highest BCUT2D eigenvalue weighted by atomic mass is 16.3. The topological polar surface area (TPSA) is 60.2 Å². The Bertz CT molecular complexity index is 516. The van der Waals surface area contributed by atoms with Gasteiger partial charge < -0.3 is 10.0 Å². The zero-order valence-electron chi connectivity index (χ0n) is 10.1. The summed E-state index contributed by atoms with van der Waals surface area (Å²) in [6.45, 7) is 8.63. The molecule has 0 aliphatic carbocycles. The highest BCUT2D eigenvalue weighted by Gasteiger charge is 2.27. The predicted octanol–water partition coefficient (Wildman–Crippen LogP) is 1.31. The van der Waals surface area contributed by atoms with Gasteiger partial charge in [0.25, 0.3) is 0 Å². The fourth-order valence-corrected chi connectivity index (χ4v) is 2.10. The Balaban J connectivity index is 2.46. The van der Waals surface area contributed by atoms with Gasteiger partial charge in [0.15, 0.2) is 0 Å². The van der Waals surface area contributed by atoms with Gasteiger partial charge in [-0.05, 0) is 31.1 Å². The number of aromatic nitrogens is 1. The third-order valence-electron chi connectivity index (χ3n) is 3.00. The van der Waals surface area contributed by atoms with Gasteiger partial charge in [0.05, 0.1) is 11.7 Å². The van der Waals surface area contributed by atoms with Gasteiger partial charge in [0.2, 0.25) is 0 Å². The summed E-state index contributed by atoms with van der Waals surface area (Å²) in [5.41, 5.74) is 3.15. The normalized spacial score (nSPS) is 19.5. The highest BCUT2D eigenvalue weighted by molar-refractivity contribution is 5.60. The lowest BCUT2D eigenvalue weighted by Crippen LogP contribution is -2.23. The molecule has 0 bridgehead atoms. The smallest absolute Gasteiger partial charge is 0.147 e. The zero-order valence-corrected chi connectivity index (χ0v) is 10.1. The monoisotopic (exact) mass is 229 g/mol. The molecule has 88 valence electrons. The largest absolute Gasteiger partial charge is 0.387 e.